The second-order valence-electron chi connectivity index (χ2n) is 0. The fourth-order valence-electron chi connectivity index (χ4n) is 0. The summed E-state index contributed by atoms with van der Waals surface area (Å²) in [6, 6.07) is 0. The summed E-state index contributed by atoms with van der Waals surface area (Å²) in [4.78, 5) is 0. The SMILES string of the molecule is O.S.[Cu].[InH3].[Pd]. The fourth-order valence-corrected chi connectivity index (χ4v) is 0. The summed E-state index contributed by atoms with van der Waals surface area (Å²) in [5.74, 6) is 0. The first-order chi connectivity index (χ1) is 0. The molecule has 0 fully saturated rings. The largest absolute Gasteiger partial charge is 0 e. The van der Waals surface area contributed by atoms with Crippen molar-refractivity contribution in [2.45, 2.75) is 0 Å². The molecule has 0 aliphatic rings. The normalized spacial score (nSPS) is 0. The van der Waals surface area contributed by atoms with Gasteiger partial charge >= 0.3 is 25.8 Å². The predicted octanol–water partition coefficient (Wildman–Crippen LogP) is -1.90. The van der Waals surface area contributed by atoms with E-state index in [1.54, 1.807) is 0 Å². The zero-order chi connectivity index (χ0) is 0. The predicted molar refractivity (Wildman–Crippen MR) is 23.9 cm³/mol. The first kappa shape index (κ1) is 53.4. The van der Waals surface area contributed by atoms with Gasteiger partial charge in [-0.25, -0.2) is 0 Å². The molecule has 0 bridgehead atoms. The topological polar surface area (TPSA) is 31.5 Å². The molecule has 0 aliphatic carbocycles. The van der Waals surface area contributed by atoms with E-state index in [9.17, 15) is 0 Å². The average molecular weight is 340 g/mol. The molecule has 0 spiro atoms. The quantitative estimate of drug-likeness (QED) is 0.462. The summed E-state index contributed by atoms with van der Waals surface area (Å²) in [6.07, 6.45) is 0. The van der Waals surface area contributed by atoms with Gasteiger partial charge in [0.2, 0.25) is 0 Å². The van der Waals surface area contributed by atoms with Crippen LogP contribution in [0.1, 0.15) is 0 Å². The van der Waals surface area contributed by atoms with Crippen molar-refractivity contribution in [2.24, 2.45) is 0 Å². The van der Waals surface area contributed by atoms with Gasteiger partial charge in [-0.3, -0.25) is 0 Å². The fraction of sp³-hybridized carbons (Fsp3) is 0. The minimum absolute atomic E-state index is 0. The van der Waals surface area contributed by atoms with Gasteiger partial charge in [-0.2, -0.15) is 13.5 Å². The van der Waals surface area contributed by atoms with E-state index in [0.29, 0.717) is 0 Å². The Morgan fingerprint density at radius 1 is 1.00 bits per heavy atom. The van der Waals surface area contributed by atoms with E-state index in [2.05, 4.69) is 0 Å². The zero-order valence-corrected chi connectivity index (χ0v) is 5.11. The van der Waals surface area contributed by atoms with Crippen LogP contribution in [-0.2, 0) is 37.5 Å². The molecule has 2 N–H and O–H groups in total. The van der Waals surface area contributed by atoms with Gasteiger partial charge in [0, 0.05) is 37.5 Å². The van der Waals surface area contributed by atoms with Crippen LogP contribution in [0.15, 0.2) is 0 Å². The molecule has 0 aromatic heterocycles. The van der Waals surface area contributed by atoms with Gasteiger partial charge < -0.3 is 5.48 Å². The molecule has 5 heteroatoms. The van der Waals surface area contributed by atoms with E-state index < -0.39 is 0 Å². The molecular formula is H7CuInOPdS. The average Bonchev–Trinajstić information content (AvgIpc) is 0. The maximum Gasteiger partial charge on any atom is 0 e. The van der Waals surface area contributed by atoms with Crippen LogP contribution in [0.4, 0.5) is 0 Å². The Labute approximate surface area is 81.3 Å². The van der Waals surface area contributed by atoms with Crippen molar-refractivity contribution in [2.75, 3.05) is 0 Å². The Morgan fingerprint density at radius 2 is 1.00 bits per heavy atom. The van der Waals surface area contributed by atoms with Gasteiger partial charge in [-0.1, -0.05) is 0 Å². The summed E-state index contributed by atoms with van der Waals surface area (Å²) in [5, 5.41) is 0. The molecule has 1 nitrogen and oxygen atoms in total. The third-order valence-corrected chi connectivity index (χ3v) is 0. The third kappa shape index (κ3) is 21.7. The molecule has 0 heterocycles. The van der Waals surface area contributed by atoms with E-state index in [0.717, 1.165) is 0 Å². The van der Waals surface area contributed by atoms with E-state index in [4.69, 9.17) is 0 Å². The molecule has 0 unspecified atom stereocenters. The first-order valence-electron chi connectivity index (χ1n) is 0. The Morgan fingerprint density at radius 3 is 1.00 bits per heavy atom. The van der Waals surface area contributed by atoms with Crippen LogP contribution < -0.4 is 0 Å². The standard InChI is InChI=1S/Cu.In.H2O.Pd.H2S.3H/h;;1H2;;1H2;;;. The van der Waals surface area contributed by atoms with Crippen LogP contribution in [0.5, 0.6) is 0 Å². The summed E-state index contributed by atoms with van der Waals surface area (Å²) in [6.45, 7) is 0. The number of hydrogen-bond donors (Lipinski definition) is 0. The molecular weight excluding hydrogens is 333 g/mol. The molecule has 0 aromatic rings. The second kappa shape index (κ2) is 32.8. The molecule has 0 aromatic carbocycles. The molecule has 0 saturated heterocycles. The minimum atomic E-state index is 0. The third-order valence-electron chi connectivity index (χ3n) is 0. The van der Waals surface area contributed by atoms with Crippen molar-refractivity contribution >= 4 is 39.3 Å². The van der Waals surface area contributed by atoms with Gasteiger partial charge in [0.15, 0.2) is 0 Å². The first-order valence-corrected chi connectivity index (χ1v) is 0. The Hall–Kier alpha value is 2.36. The molecule has 0 atom stereocenters. The maximum absolute atomic E-state index is 0. The molecule has 0 saturated carbocycles. The van der Waals surface area contributed by atoms with Crippen LogP contribution >= 0.6 is 13.5 Å². The Kier molecular flexibility index (Phi) is 350. The molecule has 43 valence electrons. The van der Waals surface area contributed by atoms with Gasteiger partial charge in [0.25, 0.3) is 0 Å². The smallest absolute Gasteiger partial charge is 0 e. The monoisotopic (exact) mass is 339 g/mol. The summed E-state index contributed by atoms with van der Waals surface area (Å²) < 4.78 is 0. The summed E-state index contributed by atoms with van der Waals surface area (Å²) >= 11 is 0. The van der Waals surface area contributed by atoms with Crippen LogP contribution in [0, 0.1) is 0 Å². The van der Waals surface area contributed by atoms with Crippen LogP contribution in [-0.4, -0.2) is 31.3 Å². The Balaban J connectivity index is 0. The van der Waals surface area contributed by atoms with Crippen LogP contribution in [0.2, 0.25) is 0 Å². The molecule has 0 aliphatic heterocycles. The summed E-state index contributed by atoms with van der Waals surface area (Å²) in [7, 11) is 0. The maximum atomic E-state index is 0. The minimum Gasteiger partial charge on any atom is 0 e. The molecule has 0 amide bonds. The number of hydrogen-bond acceptors (Lipinski definition) is 0. The van der Waals surface area contributed by atoms with Crippen molar-refractivity contribution < 1.29 is 43.0 Å². The molecule has 1 radical (unpaired) electrons. The second-order valence-corrected chi connectivity index (χ2v) is 0. The van der Waals surface area contributed by atoms with Gasteiger partial charge in [0.1, 0.15) is 0 Å². The van der Waals surface area contributed by atoms with Crippen molar-refractivity contribution in [3.05, 3.63) is 0 Å². The number of rotatable bonds is 0. The van der Waals surface area contributed by atoms with Gasteiger partial charge in [0.05, 0.1) is 0 Å². The van der Waals surface area contributed by atoms with Crippen molar-refractivity contribution in [3.8, 4) is 0 Å². The van der Waals surface area contributed by atoms with Crippen molar-refractivity contribution in [1.82, 2.24) is 0 Å². The van der Waals surface area contributed by atoms with E-state index in [-0.39, 0.29) is 82.3 Å². The molecule has 5 heavy (non-hydrogen) atoms. The van der Waals surface area contributed by atoms with Crippen molar-refractivity contribution in [1.29, 1.82) is 0 Å². The van der Waals surface area contributed by atoms with Crippen molar-refractivity contribution in [3.63, 3.8) is 0 Å². The van der Waals surface area contributed by atoms with E-state index >= 15 is 0 Å². The van der Waals surface area contributed by atoms with Gasteiger partial charge in [-0.15, -0.1) is 0 Å². The van der Waals surface area contributed by atoms with Crippen LogP contribution in [0.25, 0.3) is 0 Å². The summed E-state index contributed by atoms with van der Waals surface area (Å²) in [5.41, 5.74) is 0. The van der Waals surface area contributed by atoms with Crippen LogP contribution in [0.3, 0.4) is 0 Å². The van der Waals surface area contributed by atoms with E-state index in [1.165, 1.54) is 0 Å². The van der Waals surface area contributed by atoms with Gasteiger partial charge in [-0.05, 0) is 0 Å². The zero-order valence-electron chi connectivity index (χ0n) is 1.62. The molecule has 0 rings (SSSR count). The Bertz CT molecular complexity index is 11.6. The van der Waals surface area contributed by atoms with E-state index in [1.807, 2.05) is 0 Å².